The van der Waals surface area contributed by atoms with Crippen molar-refractivity contribution in [2.24, 2.45) is 0 Å². The molecule has 2 unspecified atom stereocenters. The first-order valence-electron chi connectivity index (χ1n) is 5.90. The van der Waals surface area contributed by atoms with E-state index in [1.54, 1.807) is 27.7 Å². The van der Waals surface area contributed by atoms with Gasteiger partial charge in [-0.2, -0.15) is 5.26 Å². The summed E-state index contributed by atoms with van der Waals surface area (Å²) in [6, 6.07) is 1.13. The highest BCUT2D eigenvalue weighted by molar-refractivity contribution is 7.60. The standard InChI is InChI=1S/C11H22NO4P/c1-5-14-11(15-6-2)17(13,16-7-3)10(4)8-9-12/h10-11H,5-8H2,1-4H3. The van der Waals surface area contributed by atoms with Crippen LogP contribution in [0.25, 0.3) is 0 Å². The van der Waals surface area contributed by atoms with Gasteiger partial charge in [0.1, 0.15) is 0 Å². The van der Waals surface area contributed by atoms with E-state index in [9.17, 15) is 4.57 Å². The topological polar surface area (TPSA) is 68.6 Å². The molecule has 0 aromatic carbocycles. The van der Waals surface area contributed by atoms with Crippen molar-refractivity contribution in [3.8, 4) is 6.07 Å². The lowest BCUT2D eigenvalue weighted by Gasteiger charge is -2.29. The second-order valence-corrected chi connectivity index (χ2v) is 6.34. The van der Waals surface area contributed by atoms with Crippen LogP contribution in [0.15, 0.2) is 0 Å². The molecule has 0 bridgehead atoms. The smallest absolute Gasteiger partial charge is 0.261 e. The van der Waals surface area contributed by atoms with Gasteiger partial charge in [-0.3, -0.25) is 4.57 Å². The van der Waals surface area contributed by atoms with Gasteiger partial charge < -0.3 is 14.0 Å². The predicted octanol–water partition coefficient (Wildman–Crippen LogP) is 2.96. The Labute approximate surface area is 103 Å². The lowest BCUT2D eigenvalue weighted by Crippen LogP contribution is -2.24. The van der Waals surface area contributed by atoms with Gasteiger partial charge in [-0.15, -0.1) is 0 Å². The Bertz CT molecular complexity index is 284. The molecule has 0 aromatic rings. The SMILES string of the molecule is CCOC(OCC)P(=O)(OCC)C(C)CC#N. The maximum absolute atomic E-state index is 12.8. The molecule has 0 aliphatic rings. The molecule has 0 aliphatic carbocycles. The molecule has 0 rings (SSSR count). The average Bonchev–Trinajstić information content (AvgIpc) is 2.29. The summed E-state index contributed by atoms with van der Waals surface area (Å²) in [6.07, 6.45) is 0.161. The quantitative estimate of drug-likeness (QED) is 0.472. The Kier molecular flexibility index (Phi) is 8.45. The summed E-state index contributed by atoms with van der Waals surface area (Å²) in [5, 5.41) is 8.70. The molecule has 5 nitrogen and oxygen atoms in total. The summed E-state index contributed by atoms with van der Waals surface area (Å²) in [5.41, 5.74) is -0.393. The Hall–Kier alpha value is -0.400. The van der Waals surface area contributed by atoms with Crippen LogP contribution < -0.4 is 0 Å². The van der Waals surface area contributed by atoms with Crippen LogP contribution in [0, 0.1) is 11.3 Å². The van der Waals surface area contributed by atoms with Gasteiger partial charge in [-0.25, -0.2) is 0 Å². The monoisotopic (exact) mass is 263 g/mol. The van der Waals surface area contributed by atoms with E-state index in [1.165, 1.54) is 0 Å². The van der Waals surface area contributed by atoms with Gasteiger partial charge in [0, 0.05) is 19.6 Å². The van der Waals surface area contributed by atoms with E-state index >= 15 is 0 Å². The van der Waals surface area contributed by atoms with Crippen LogP contribution in [0.2, 0.25) is 0 Å². The zero-order chi connectivity index (χ0) is 13.3. The second kappa shape index (κ2) is 8.66. The minimum absolute atomic E-state index is 0.161. The normalized spacial score (nSPS) is 16.5. The molecule has 17 heavy (non-hydrogen) atoms. The number of nitriles is 1. The maximum atomic E-state index is 12.8. The van der Waals surface area contributed by atoms with Crippen molar-refractivity contribution in [3.05, 3.63) is 0 Å². The highest BCUT2D eigenvalue weighted by Crippen LogP contribution is 2.58. The summed E-state index contributed by atoms with van der Waals surface area (Å²) < 4.78 is 28.8. The third kappa shape index (κ3) is 4.77. The van der Waals surface area contributed by atoms with Gasteiger partial charge >= 0.3 is 0 Å². The Morgan fingerprint density at radius 2 is 1.71 bits per heavy atom. The van der Waals surface area contributed by atoms with Crippen LogP contribution in [0.5, 0.6) is 0 Å². The first-order valence-corrected chi connectivity index (χ1v) is 7.67. The molecule has 0 radical (unpaired) electrons. The molecule has 0 aromatic heterocycles. The Balaban J connectivity index is 4.98. The minimum atomic E-state index is -3.14. The number of hydrogen-bond donors (Lipinski definition) is 0. The van der Waals surface area contributed by atoms with Crippen LogP contribution in [0.4, 0.5) is 0 Å². The van der Waals surface area contributed by atoms with Gasteiger partial charge in [0.15, 0.2) is 0 Å². The molecular formula is C11H22NO4P. The van der Waals surface area contributed by atoms with Crippen LogP contribution in [0.1, 0.15) is 34.1 Å². The molecule has 100 valence electrons. The predicted molar refractivity (Wildman–Crippen MR) is 66.0 cm³/mol. The van der Waals surface area contributed by atoms with Gasteiger partial charge in [-0.05, 0) is 20.8 Å². The molecular weight excluding hydrogens is 241 g/mol. The van der Waals surface area contributed by atoms with E-state index in [0.29, 0.717) is 19.8 Å². The summed E-state index contributed by atoms with van der Waals surface area (Å²) in [4.78, 5) is 0. The minimum Gasteiger partial charge on any atom is -0.345 e. The number of hydrogen-bond acceptors (Lipinski definition) is 5. The zero-order valence-electron chi connectivity index (χ0n) is 11.0. The lowest BCUT2D eigenvalue weighted by molar-refractivity contribution is -0.0895. The first-order chi connectivity index (χ1) is 8.06. The largest absolute Gasteiger partial charge is 0.345 e. The fourth-order valence-electron chi connectivity index (χ4n) is 1.40. The summed E-state index contributed by atoms with van der Waals surface area (Å²) in [7, 11) is -3.14. The average molecular weight is 263 g/mol. The number of ether oxygens (including phenoxy) is 2. The summed E-state index contributed by atoms with van der Waals surface area (Å²) in [6.45, 7) is 8.19. The van der Waals surface area contributed by atoms with Crippen molar-refractivity contribution < 1.29 is 18.6 Å². The van der Waals surface area contributed by atoms with Gasteiger partial charge in [0.25, 0.3) is 7.37 Å². The van der Waals surface area contributed by atoms with E-state index < -0.39 is 19.1 Å². The van der Waals surface area contributed by atoms with E-state index in [4.69, 9.17) is 19.3 Å². The molecule has 0 amide bonds. The van der Waals surface area contributed by atoms with Crippen LogP contribution in [0.3, 0.4) is 0 Å². The first kappa shape index (κ1) is 16.6. The molecule has 0 N–H and O–H groups in total. The van der Waals surface area contributed by atoms with E-state index in [0.717, 1.165) is 0 Å². The molecule has 0 saturated heterocycles. The van der Waals surface area contributed by atoms with E-state index in [1.807, 2.05) is 6.07 Å². The van der Waals surface area contributed by atoms with Gasteiger partial charge in [0.05, 0.1) is 18.3 Å². The summed E-state index contributed by atoms with van der Waals surface area (Å²) >= 11 is 0. The van der Waals surface area contributed by atoms with Gasteiger partial charge in [0.2, 0.25) is 6.03 Å². The van der Waals surface area contributed by atoms with Crippen molar-refractivity contribution in [1.29, 1.82) is 5.26 Å². The lowest BCUT2D eigenvalue weighted by atomic mass is 10.4. The van der Waals surface area contributed by atoms with Crippen LogP contribution in [-0.4, -0.2) is 31.5 Å². The molecule has 0 spiro atoms. The van der Waals surface area contributed by atoms with E-state index in [2.05, 4.69) is 0 Å². The van der Waals surface area contributed by atoms with Crippen LogP contribution >= 0.6 is 7.37 Å². The molecule has 0 saturated carbocycles. The van der Waals surface area contributed by atoms with Crippen LogP contribution in [-0.2, 0) is 18.6 Å². The van der Waals surface area contributed by atoms with E-state index in [-0.39, 0.29) is 6.42 Å². The van der Waals surface area contributed by atoms with Crippen molar-refractivity contribution >= 4 is 7.37 Å². The second-order valence-electron chi connectivity index (χ2n) is 3.49. The summed E-state index contributed by atoms with van der Waals surface area (Å²) in [5.74, 6) is 0. The zero-order valence-corrected chi connectivity index (χ0v) is 11.9. The van der Waals surface area contributed by atoms with Crippen molar-refractivity contribution in [3.63, 3.8) is 0 Å². The van der Waals surface area contributed by atoms with Crippen molar-refractivity contribution in [2.45, 2.75) is 45.8 Å². The molecule has 0 fully saturated rings. The third-order valence-electron chi connectivity index (χ3n) is 2.24. The van der Waals surface area contributed by atoms with Crippen molar-refractivity contribution in [2.75, 3.05) is 19.8 Å². The fraction of sp³-hybridized carbons (Fsp3) is 0.909. The maximum Gasteiger partial charge on any atom is 0.261 e. The van der Waals surface area contributed by atoms with Crippen molar-refractivity contribution in [1.82, 2.24) is 0 Å². The fourth-order valence-corrected chi connectivity index (χ4v) is 3.64. The Morgan fingerprint density at radius 1 is 1.18 bits per heavy atom. The highest BCUT2D eigenvalue weighted by atomic mass is 31.2. The molecule has 0 aliphatic heterocycles. The van der Waals surface area contributed by atoms with Gasteiger partial charge in [-0.1, -0.05) is 6.92 Å². The highest BCUT2D eigenvalue weighted by Gasteiger charge is 2.41. The number of rotatable bonds is 9. The Morgan fingerprint density at radius 3 is 2.06 bits per heavy atom. The third-order valence-corrected chi connectivity index (χ3v) is 5.20. The number of nitrogens with zero attached hydrogens (tertiary/aromatic N) is 1. The molecule has 2 atom stereocenters. The molecule has 0 heterocycles. The molecule has 6 heteroatoms.